The third-order valence-corrected chi connectivity index (χ3v) is 3.13. The van der Waals surface area contributed by atoms with Crippen molar-refractivity contribution in [1.82, 2.24) is 4.90 Å². The summed E-state index contributed by atoms with van der Waals surface area (Å²) in [6.45, 7) is 11.8. The topological polar surface area (TPSA) is 20.3 Å². The molecule has 1 rings (SSSR count). The molecule has 0 saturated carbocycles. The van der Waals surface area contributed by atoms with Crippen molar-refractivity contribution in [3.05, 3.63) is 12.2 Å². The van der Waals surface area contributed by atoms with Crippen LogP contribution < -0.4 is 0 Å². The van der Waals surface area contributed by atoms with Gasteiger partial charge < -0.3 is 4.90 Å². The van der Waals surface area contributed by atoms with Crippen molar-refractivity contribution in [3.63, 3.8) is 0 Å². The number of carbonyl (C=O) groups is 1. The van der Waals surface area contributed by atoms with E-state index in [2.05, 4.69) is 20.4 Å². The molecular weight excluding hydrogens is 174 g/mol. The normalized spacial score (nSPS) is 18.7. The molecule has 0 unspecified atom stereocenters. The largest absolute Gasteiger partial charge is 0.339 e. The number of likely N-dealkylation sites (tertiary alicyclic amines) is 1. The van der Waals surface area contributed by atoms with Crippen LogP contribution in [0.5, 0.6) is 0 Å². The Bertz CT molecular complexity index is 224. The van der Waals surface area contributed by atoms with Crippen LogP contribution in [-0.2, 0) is 4.79 Å². The molecule has 1 fully saturated rings. The van der Waals surface area contributed by atoms with E-state index >= 15 is 0 Å². The first kappa shape index (κ1) is 11.3. The Morgan fingerprint density at radius 2 is 1.86 bits per heavy atom. The highest BCUT2D eigenvalue weighted by Gasteiger charge is 2.24. The minimum absolute atomic E-state index is 0.132. The minimum atomic E-state index is 0.132. The average molecular weight is 195 g/mol. The average Bonchev–Trinajstić information content (AvgIpc) is 2.16. The Morgan fingerprint density at radius 3 is 2.21 bits per heavy atom. The number of rotatable bonds is 2. The third-order valence-electron chi connectivity index (χ3n) is 3.13. The zero-order valence-electron chi connectivity index (χ0n) is 9.55. The highest BCUT2D eigenvalue weighted by atomic mass is 16.2. The first-order valence-corrected chi connectivity index (χ1v) is 5.47. The summed E-state index contributed by atoms with van der Waals surface area (Å²) in [6.07, 6.45) is 2.30. The van der Waals surface area contributed by atoms with Gasteiger partial charge in [-0.05, 0) is 31.6 Å². The predicted octanol–water partition coefficient (Wildman–Crippen LogP) is 2.46. The summed E-state index contributed by atoms with van der Waals surface area (Å²) in [7, 11) is 0. The number of nitrogens with zero attached hydrogens (tertiary/aromatic N) is 1. The van der Waals surface area contributed by atoms with E-state index < -0.39 is 0 Å². The molecule has 0 aliphatic carbocycles. The van der Waals surface area contributed by atoms with Crippen LogP contribution in [0.1, 0.15) is 33.6 Å². The molecule has 1 aliphatic heterocycles. The molecule has 1 aliphatic rings. The van der Waals surface area contributed by atoms with E-state index in [1.54, 1.807) is 6.92 Å². The summed E-state index contributed by atoms with van der Waals surface area (Å²) >= 11 is 0. The molecular formula is C12H21NO. The van der Waals surface area contributed by atoms with Crippen molar-refractivity contribution >= 4 is 5.91 Å². The van der Waals surface area contributed by atoms with Gasteiger partial charge in [-0.1, -0.05) is 20.4 Å². The molecule has 0 N–H and O–H groups in total. The number of hydrogen-bond donors (Lipinski definition) is 0. The second-order valence-electron chi connectivity index (χ2n) is 4.65. The van der Waals surface area contributed by atoms with Crippen molar-refractivity contribution < 1.29 is 4.79 Å². The summed E-state index contributed by atoms with van der Waals surface area (Å²) < 4.78 is 0. The van der Waals surface area contributed by atoms with Crippen molar-refractivity contribution in [1.29, 1.82) is 0 Å². The van der Waals surface area contributed by atoms with E-state index in [9.17, 15) is 4.79 Å². The van der Waals surface area contributed by atoms with Crippen LogP contribution in [0, 0.1) is 11.8 Å². The minimum Gasteiger partial charge on any atom is -0.339 e. The number of hydrogen-bond acceptors (Lipinski definition) is 1. The Labute approximate surface area is 87.0 Å². The molecule has 0 aromatic carbocycles. The molecule has 2 heteroatoms. The van der Waals surface area contributed by atoms with Gasteiger partial charge in [-0.25, -0.2) is 0 Å². The van der Waals surface area contributed by atoms with Crippen molar-refractivity contribution in [2.75, 3.05) is 13.1 Å². The first-order valence-electron chi connectivity index (χ1n) is 5.47. The zero-order valence-corrected chi connectivity index (χ0v) is 9.55. The van der Waals surface area contributed by atoms with Crippen LogP contribution in [-0.4, -0.2) is 23.9 Å². The first-order chi connectivity index (χ1) is 6.52. The number of piperidine rings is 1. The number of carbonyl (C=O) groups excluding carboxylic acids is 1. The molecule has 0 bridgehead atoms. The Balaban J connectivity index is 2.43. The molecule has 0 aromatic rings. The predicted molar refractivity (Wildman–Crippen MR) is 59.0 cm³/mol. The van der Waals surface area contributed by atoms with E-state index in [0.717, 1.165) is 37.8 Å². The summed E-state index contributed by atoms with van der Waals surface area (Å²) in [5.41, 5.74) is 0.660. The van der Waals surface area contributed by atoms with Crippen LogP contribution in [0.25, 0.3) is 0 Å². The van der Waals surface area contributed by atoms with Crippen molar-refractivity contribution in [2.24, 2.45) is 11.8 Å². The maximum absolute atomic E-state index is 11.6. The standard InChI is InChI=1S/C12H21NO/c1-9(2)11-5-7-13(8-6-11)12(14)10(3)4/h9,11H,3,5-8H2,1-2,4H3. The van der Waals surface area contributed by atoms with Gasteiger partial charge in [0.05, 0.1) is 0 Å². The Kier molecular flexibility index (Phi) is 3.73. The van der Waals surface area contributed by atoms with Gasteiger partial charge in [0.1, 0.15) is 0 Å². The smallest absolute Gasteiger partial charge is 0.248 e. The van der Waals surface area contributed by atoms with Crippen molar-refractivity contribution in [2.45, 2.75) is 33.6 Å². The van der Waals surface area contributed by atoms with Gasteiger partial charge in [-0.2, -0.15) is 0 Å². The summed E-state index contributed by atoms with van der Waals surface area (Å²) in [5, 5.41) is 0. The maximum atomic E-state index is 11.6. The quantitative estimate of drug-likeness (QED) is 0.620. The molecule has 80 valence electrons. The van der Waals surface area contributed by atoms with Crippen molar-refractivity contribution in [3.8, 4) is 0 Å². The van der Waals surface area contributed by atoms with Gasteiger partial charge in [0.15, 0.2) is 0 Å². The highest BCUT2D eigenvalue weighted by Crippen LogP contribution is 2.24. The lowest BCUT2D eigenvalue weighted by atomic mass is 9.86. The van der Waals surface area contributed by atoms with Crippen LogP contribution in [0.4, 0.5) is 0 Å². The van der Waals surface area contributed by atoms with Gasteiger partial charge in [0, 0.05) is 18.7 Å². The fourth-order valence-corrected chi connectivity index (χ4v) is 2.04. The Morgan fingerprint density at radius 1 is 1.36 bits per heavy atom. The maximum Gasteiger partial charge on any atom is 0.248 e. The van der Waals surface area contributed by atoms with E-state index in [-0.39, 0.29) is 5.91 Å². The molecule has 1 saturated heterocycles. The van der Waals surface area contributed by atoms with Crippen LogP contribution in [0.3, 0.4) is 0 Å². The monoisotopic (exact) mass is 195 g/mol. The molecule has 0 spiro atoms. The molecule has 1 heterocycles. The highest BCUT2D eigenvalue weighted by molar-refractivity contribution is 5.92. The zero-order chi connectivity index (χ0) is 10.7. The molecule has 14 heavy (non-hydrogen) atoms. The van der Waals surface area contributed by atoms with E-state index in [1.165, 1.54) is 0 Å². The van der Waals surface area contributed by atoms with Gasteiger partial charge in [-0.3, -0.25) is 4.79 Å². The van der Waals surface area contributed by atoms with E-state index in [0.29, 0.717) is 5.57 Å². The summed E-state index contributed by atoms with van der Waals surface area (Å²) in [5.74, 6) is 1.67. The fraction of sp³-hybridized carbons (Fsp3) is 0.750. The lowest BCUT2D eigenvalue weighted by Crippen LogP contribution is -2.39. The van der Waals surface area contributed by atoms with Crippen LogP contribution in [0.15, 0.2) is 12.2 Å². The third kappa shape index (κ3) is 2.60. The van der Waals surface area contributed by atoms with E-state index in [4.69, 9.17) is 0 Å². The van der Waals surface area contributed by atoms with Crippen LogP contribution in [0.2, 0.25) is 0 Å². The van der Waals surface area contributed by atoms with Gasteiger partial charge in [0.2, 0.25) is 5.91 Å². The van der Waals surface area contributed by atoms with E-state index in [1.807, 2.05) is 4.90 Å². The lowest BCUT2D eigenvalue weighted by molar-refractivity contribution is -0.128. The molecule has 1 amide bonds. The second kappa shape index (κ2) is 4.63. The molecule has 0 aromatic heterocycles. The summed E-state index contributed by atoms with van der Waals surface area (Å²) in [6, 6.07) is 0. The number of amides is 1. The van der Waals surface area contributed by atoms with Gasteiger partial charge >= 0.3 is 0 Å². The van der Waals surface area contributed by atoms with Gasteiger partial charge in [-0.15, -0.1) is 0 Å². The second-order valence-corrected chi connectivity index (χ2v) is 4.65. The Hall–Kier alpha value is -0.790. The molecule has 0 radical (unpaired) electrons. The van der Waals surface area contributed by atoms with Gasteiger partial charge in [0.25, 0.3) is 0 Å². The SMILES string of the molecule is C=C(C)C(=O)N1CCC(C(C)C)CC1. The van der Waals surface area contributed by atoms with Crippen LogP contribution >= 0.6 is 0 Å². The molecule has 0 atom stereocenters. The fourth-order valence-electron chi connectivity index (χ4n) is 2.04. The summed E-state index contributed by atoms with van der Waals surface area (Å²) in [4.78, 5) is 13.5. The lowest BCUT2D eigenvalue weighted by Gasteiger charge is -2.33. The molecule has 2 nitrogen and oxygen atoms in total.